The number of carbonyl (C=O) groups excluding carboxylic acids is 2. The molecule has 0 saturated carbocycles. The number of piperazine rings is 1. The van der Waals surface area contributed by atoms with E-state index >= 15 is 0 Å². The van der Waals surface area contributed by atoms with Gasteiger partial charge in [-0.25, -0.2) is 0 Å². The lowest BCUT2D eigenvalue weighted by molar-refractivity contribution is -0.144. The molecule has 0 spiro atoms. The summed E-state index contributed by atoms with van der Waals surface area (Å²) in [4.78, 5) is 30.6. The summed E-state index contributed by atoms with van der Waals surface area (Å²) in [6.07, 6.45) is 4.92. The Hall–Kier alpha value is -2.15. The highest BCUT2D eigenvalue weighted by Crippen LogP contribution is 2.33. The largest absolute Gasteiger partial charge is 0.368 e. The molecule has 0 aliphatic carbocycles. The molecular formula is C22H23ClN2O3S. The lowest BCUT2D eigenvalue weighted by Crippen LogP contribution is -2.52. The summed E-state index contributed by atoms with van der Waals surface area (Å²) in [6.45, 7) is 2.90. The maximum absolute atomic E-state index is 12.5. The second-order valence-electron chi connectivity index (χ2n) is 7.17. The fourth-order valence-electron chi connectivity index (χ4n) is 3.63. The van der Waals surface area contributed by atoms with Crippen molar-refractivity contribution in [2.24, 2.45) is 0 Å². The van der Waals surface area contributed by atoms with Crippen LogP contribution in [0.4, 0.5) is 0 Å². The van der Waals surface area contributed by atoms with Crippen LogP contribution in [0.3, 0.4) is 0 Å². The SMILES string of the molecule is O=C(C=Cc1ccc(-c2ccccc2Cl)s1)N1CCN(C(=O)C2CCCO2)CC1. The van der Waals surface area contributed by atoms with Crippen LogP contribution in [0.2, 0.25) is 5.02 Å². The van der Waals surface area contributed by atoms with Gasteiger partial charge in [-0.15, -0.1) is 11.3 Å². The maximum atomic E-state index is 12.5. The first-order valence-electron chi connectivity index (χ1n) is 9.84. The molecule has 29 heavy (non-hydrogen) atoms. The third-order valence-electron chi connectivity index (χ3n) is 5.26. The summed E-state index contributed by atoms with van der Waals surface area (Å²) in [7, 11) is 0. The molecule has 0 radical (unpaired) electrons. The van der Waals surface area contributed by atoms with Gasteiger partial charge < -0.3 is 14.5 Å². The molecule has 0 bridgehead atoms. The topological polar surface area (TPSA) is 49.9 Å². The van der Waals surface area contributed by atoms with Crippen molar-refractivity contribution in [2.45, 2.75) is 18.9 Å². The fraction of sp³-hybridized carbons (Fsp3) is 0.364. The van der Waals surface area contributed by atoms with E-state index in [9.17, 15) is 9.59 Å². The first kappa shape index (κ1) is 20.1. The first-order valence-corrected chi connectivity index (χ1v) is 11.0. The Labute approximate surface area is 179 Å². The average molecular weight is 431 g/mol. The molecule has 3 heterocycles. The van der Waals surface area contributed by atoms with Crippen molar-refractivity contribution in [3.8, 4) is 10.4 Å². The van der Waals surface area contributed by atoms with Crippen molar-refractivity contribution >= 4 is 40.8 Å². The Morgan fingerprint density at radius 3 is 2.55 bits per heavy atom. The molecule has 1 aromatic heterocycles. The zero-order chi connectivity index (χ0) is 20.2. The number of carbonyl (C=O) groups is 2. The van der Waals surface area contributed by atoms with Gasteiger partial charge >= 0.3 is 0 Å². The van der Waals surface area contributed by atoms with Crippen molar-refractivity contribution in [1.29, 1.82) is 0 Å². The number of thiophene rings is 1. The zero-order valence-corrected chi connectivity index (χ0v) is 17.6. The Balaban J connectivity index is 1.31. The average Bonchev–Trinajstić information content (AvgIpc) is 3.44. The molecule has 152 valence electrons. The molecule has 2 aliphatic heterocycles. The maximum Gasteiger partial charge on any atom is 0.251 e. The fourth-order valence-corrected chi connectivity index (χ4v) is 4.87. The lowest BCUT2D eigenvalue weighted by atomic mass is 10.2. The number of amides is 2. The summed E-state index contributed by atoms with van der Waals surface area (Å²) in [5.41, 5.74) is 0.997. The Bertz CT molecular complexity index is 912. The van der Waals surface area contributed by atoms with E-state index in [1.165, 1.54) is 0 Å². The standard InChI is InChI=1S/C22H23ClN2O3S/c23-18-5-2-1-4-17(18)20-9-7-16(29-20)8-10-21(26)24-11-13-25(14-12-24)22(27)19-6-3-15-28-19/h1-2,4-5,7-10,19H,3,6,11-15H2. The molecule has 2 aromatic rings. The van der Waals surface area contributed by atoms with E-state index in [4.69, 9.17) is 16.3 Å². The Morgan fingerprint density at radius 1 is 1.07 bits per heavy atom. The van der Waals surface area contributed by atoms with E-state index in [-0.39, 0.29) is 17.9 Å². The van der Waals surface area contributed by atoms with Gasteiger partial charge in [0.2, 0.25) is 5.91 Å². The molecule has 2 saturated heterocycles. The molecule has 5 nitrogen and oxygen atoms in total. The summed E-state index contributed by atoms with van der Waals surface area (Å²) >= 11 is 7.86. The molecule has 7 heteroatoms. The number of hydrogen-bond acceptors (Lipinski definition) is 4. The van der Waals surface area contributed by atoms with E-state index in [1.54, 1.807) is 22.3 Å². The van der Waals surface area contributed by atoms with Crippen LogP contribution >= 0.6 is 22.9 Å². The van der Waals surface area contributed by atoms with Gasteiger partial charge in [-0.05, 0) is 37.1 Å². The zero-order valence-electron chi connectivity index (χ0n) is 16.1. The van der Waals surface area contributed by atoms with Crippen LogP contribution in [0, 0.1) is 0 Å². The van der Waals surface area contributed by atoms with E-state index in [2.05, 4.69) is 0 Å². The van der Waals surface area contributed by atoms with Crippen LogP contribution in [0.1, 0.15) is 17.7 Å². The number of halogens is 1. The molecule has 1 unspecified atom stereocenters. The molecule has 4 rings (SSSR count). The van der Waals surface area contributed by atoms with Gasteiger partial charge in [0, 0.05) is 59.2 Å². The third-order valence-corrected chi connectivity index (χ3v) is 6.68. The van der Waals surface area contributed by atoms with Gasteiger partial charge in [-0.2, -0.15) is 0 Å². The monoisotopic (exact) mass is 430 g/mol. The van der Waals surface area contributed by atoms with Crippen LogP contribution in [0.5, 0.6) is 0 Å². The van der Waals surface area contributed by atoms with Crippen molar-refractivity contribution in [3.05, 3.63) is 52.4 Å². The van der Waals surface area contributed by atoms with Crippen molar-refractivity contribution in [1.82, 2.24) is 9.80 Å². The summed E-state index contributed by atoms with van der Waals surface area (Å²) in [6, 6.07) is 11.7. The number of nitrogens with zero attached hydrogens (tertiary/aromatic N) is 2. The molecule has 1 aromatic carbocycles. The normalized spacial score (nSPS) is 19.8. The highest BCUT2D eigenvalue weighted by molar-refractivity contribution is 7.16. The lowest BCUT2D eigenvalue weighted by Gasteiger charge is -2.35. The van der Waals surface area contributed by atoms with Crippen LogP contribution in [-0.4, -0.2) is 60.5 Å². The van der Waals surface area contributed by atoms with E-state index in [0.717, 1.165) is 33.2 Å². The van der Waals surface area contributed by atoms with Gasteiger partial charge in [0.15, 0.2) is 0 Å². The Kier molecular flexibility index (Phi) is 6.33. The second kappa shape index (κ2) is 9.11. The smallest absolute Gasteiger partial charge is 0.251 e. The van der Waals surface area contributed by atoms with Crippen LogP contribution in [0.15, 0.2) is 42.5 Å². The predicted octanol–water partition coefficient (Wildman–Crippen LogP) is 3.93. The number of ether oxygens (including phenoxy) is 1. The quantitative estimate of drug-likeness (QED) is 0.690. The van der Waals surface area contributed by atoms with Gasteiger partial charge in [0.1, 0.15) is 6.10 Å². The second-order valence-corrected chi connectivity index (χ2v) is 8.69. The van der Waals surface area contributed by atoms with Crippen molar-refractivity contribution in [3.63, 3.8) is 0 Å². The highest BCUT2D eigenvalue weighted by atomic mass is 35.5. The van der Waals surface area contributed by atoms with Crippen LogP contribution < -0.4 is 0 Å². The van der Waals surface area contributed by atoms with Gasteiger partial charge in [-0.3, -0.25) is 9.59 Å². The molecule has 0 N–H and O–H groups in total. The minimum Gasteiger partial charge on any atom is -0.368 e. The van der Waals surface area contributed by atoms with Crippen LogP contribution in [-0.2, 0) is 14.3 Å². The minimum absolute atomic E-state index is 0.0260. The van der Waals surface area contributed by atoms with E-state index in [0.29, 0.717) is 32.8 Å². The Morgan fingerprint density at radius 2 is 1.83 bits per heavy atom. The minimum atomic E-state index is -0.289. The van der Waals surface area contributed by atoms with E-state index < -0.39 is 0 Å². The van der Waals surface area contributed by atoms with Crippen molar-refractivity contribution in [2.75, 3.05) is 32.8 Å². The number of hydrogen-bond donors (Lipinski definition) is 0. The molecule has 2 aliphatic rings. The van der Waals surface area contributed by atoms with Gasteiger partial charge in [0.25, 0.3) is 5.91 Å². The summed E-state index contributed by atoms with van der Waals surface area (Å²) < 4.78 is 5.48. The van der Waals surface area contributed by atoms with Gasteiger partial charge in [-0.1, -0.05) is 29.8 Å². The third kappa shape index (κ3) is 4.71. The highest BCUT2D eigenvalue weighted by Gasteiger charge is 2.30. The molecule has 2 amide bonds. The summed E-state index contributed by atoms with van der Waals surface area (Å²) in [5.74, 6) is 0.0396. The van der Waals surface area contributed by atoms with E-state index in [1.807, 2.05) is 47.4 Å². The number of benzene rings is 1. The molecular weight excluding hydrogens is 408 g/mol. The number of rotatable bonds is 4. The first-order chi connectivity index (χ1) is 14.1. The van der Waals surface area contributed by atoms with Crippen LogP contribution in [0.25, 0.3) is 16.5 Å². The van der Waals surface area contributed by atoms with Crippen molar-refractivity contribution < 1.29 is 14.3 Å². The summed E-state index contributed by atoms with van der Waals surface area (Å²) in [5, 5.41) is 0.719. The predicted molar refractivity (Wildman–Crippen MR) is 116 cm³/mol. The molecule has 1 atom stereocenters. The van der Waals surface area contributed by atoms with Gasteiger partial charge in [0.05, 0.1) is 0 Å². The molecule has 2 fully saturated rings.